The first-order valence-corrected chi connectivity index (χ1v) is 9.83. The zero-order valence-electron chi connectivity index (χ0n) is 15.7. The van der Waals surface area contributed by atoms with Crippen molar-refractivity contribution in [3.05, 3.63) is 78.1 Å². The van der Waals surface area contributed by atoms with Gasteiger partial charge in [-0.3, -0.25) is 4.90 Å². The topological polar surface area (TPSA) is 25.6 Å². The monoisotopic (exact) mass is 359 g/mol. The lowest BCUT2D eigenvalue weighted by molar-refractivity contribution is 0.117. The quantitative estimate of drug-likeness (QED) is 0.598. The van der Waals surface area contributed by atoms with Crippen LogP contribution in [0.5, 0.6) is 5.75 Å². The summed E-state index contributed by atoms with van der Waals surface area (Å²) in [7, 11) is 1.71. The standard InChI is InChI=1S/C24H25NO2/c1-26-20-8-10-24-22(14-20)19(16-27-24)11-12-25-15-17-7-9-23(25)21(13-17)18-5-3-2-4-6-18/h2-10,14,16-17,21,23H,11-13,15H2,1H3. The summed E-state index contributed by atoms with van der Waals surface area (Å²) in [6, 6.07) is 17.5. The first-order chi connectivity index (χ1) is 13.3. The van der Waals surface area contributed by atoms with Gasteiger partial charge in [0.05, 0.1) is 13.4 Å². The van der Waals surface area contributed by atoms with Gasteiger partial charge in [0.15, 0.2) is 0 Å². The van der Waals surface area contributed by atoms with Crippen LogP contribution in [0, 0.1) is 5.92 Å². The summed E-state index contributed by atoms with van der Waals surface area (Å²) < 4.78 is 11.1. The van der Waals surface area contributed by atoms with E-state index < -0.39 is 0 Å². The fraction of sp³-hybridized carbons (Fsp3) is 0.333. The molecule has 2 aliphatic heterocycles. The fourth-order valence-corrected chi connectivity index (χ4v) is 4.80. The average Bonchev–Trinajstić information content (AvgIpc) is 3.15. The van der Waals surface area contributed by atoms with Crippen molar-refractivity contribution in [2.45, 2.75) is 24.8 Å². The summed E-state index contributed by atoms with van der Waals surface area (Å²) in [6.45, 7) is 2.23. The second-order valence-corrected chi connectivity index (χ2v) is 7.76. The lowest BCUT2D eigenvalue weighted by Gasteiger charge is -2.46. The number of benzene rings is 2. The Morgan fingerprint density at radius 3 is 2.81 bits per heavy atom. The van der Waals surface area contributed by atoms with Crippen LogP contribution in [0.15, 0.2) is 71.4 Å². The van der Waals surface area contributed by atoms with Crippen molar-refractivity contribution in [1.29, 1.82) is 0 Å². The number of hydrogen-bond donors (Lipinski definition) is 0. The van der Waals surface area contributed by atoms with E-state index in [1.807, 2.05) is 18.4 Å². The van der Waals surface area contributed by atoms with E-state index in [4.69, 9.17) is 9.15 Å². The summed E-state index contributed by atoms with van der Waals surface area (Å²) in [5.41, 5.74) is 3.68. The Morgan fingerprint density at radius 2 is 2.00 bits per heavy atom. The van der Waals surface area contributed by atoms with E-state index in [-0.39, 0.29) is 0 Å². The first-order valence-electron chi connectivity index (χ1n) is 9.83. The van der Waals surface area contributed by atoms with Gasteiger partial charge in [-0.05, 0) is 48.1 Å². The van der Waals surface area contributed by atoms with Crippen LogP contribution in [0.25, 0.3) is 11.0 Å². The van der Waals surface area contributed by atoms with Gasteiger partial charge in [-0.25, -0.2) is 0 Å². The number of ether oxygens (including phenoxy) is 1. The zero-order chi connectivity index (χ0) is 18.2. The van der Waals surface area contributed by atoms with Crippen LogP contribution < -0.4 is 4.74 Å². The summed E-state index contributed by atoms with van der Waals surface area (Å²) in [5, 5.41) is 1.17. The van der Waals surface area contributed by atoms with Crippen LogP contribution >= 0.6 is 0 Å². The molecule has 0 spiro atoms. The van der Waals surface area contributed by atoms with Gasteiger partial charge in [-0.1, -0.05) is 42.5 Å². The van der Waals surface area contributed by atoms with E-state index in [0.717, 1.165) is 24.3 Å². The first kappa shape index (κ1) is 16.6. The minimum Gasteiger partial charge on any atom is -0.497 e. The fourth-order valence-electron chi connectivity index (χ4n) is 4.80. The normalized spacial score (nSPS) is 24.6. The molecule has 3 aliphatic rings. The molecule has 3 nitrogen and oxygen atoms in total. The Bertz CT molecular complexity index is 959. The number of piperidine rings is 1. The van der Waals surface area contributed by atoms with Crippen LogP contribution in [-0.2, 0) is 6.42 Å². The molecule has 6 rings (SSSR count). The van der Waals surface area contributed by atoms with Gasteiger partial charge >= 0.3 is 0 Å². The lowest BCUT2D eigenvalue weighted by atomic mass is 9.74. The molecule has 3 heterocycles. The summed E-state index contributed by atoms with van der Waals surface area (Å²) in [4.78, 5) is 2.66. The highest BCUT2D eigenvalue weighted by Gasteiger charge is 2.37. The van der Waals surface area contributed by atoms with Crippen molar-refractivity contribution in [1.82, 2.24) is 4.90 Å². The molecule has 2 bridgehead atoms. The molecule has 0 radical (unpaired) electrons. The highest BCUT2D eigenvalue weighted by molar-refractivity contribution is 5.82. The number of hydrogen-bond acceptors (Lipinski definition) is 3. The number of methoxy groups -OCH3 is 1. The predicted molar refractivity (Wildman–Crippen MR) is 108 cm³/mol. The molecule has 0 saturated carbocycles. The third kappa shape index (κ3) is 3.06. The Labute approximate surface area is 160 Å². The van der Waals surface area contributed by atoms with E-state index in [1.54, 1.807) is 7.11 Å². The molecule has 0 amide bonds. The Hall–Kier alpha value is -2.52. The maximum Gasteiger partial charge on any atom is 0.134 e. The predicted octanol–water partition coefficient (Wildman–Crippen LogP) is 5.03. The second-order valence-electron chi connectivity index (χ2n) is 7.76. The molecule has 1 aromatic heterocycles. The van der Waals surface area contributed by atoms with Crippen LogP contribution in [0.2, 0.25) is 0 Å². The molecule has 1 aliphatic carbocycles. The third-order valence-corrected chi connectivity index (χ3v) is 6.20. The molecule has 0 N–H and O–H groups in total. The number of nitrogens with zero attached hydrogens (tertiary/aromatic N) is 1. The molecule has 27 heavy (non-hydrogen) atoms. The van der Waals surface area contributed by atoms with Crippen LogP contribution in [0.4, 0.5) is 0 Å². The zero-order valence-corrected chi connectivity index (χ0v) is 15.7. The molecular weight excluding hydrogens is 334 g/mol. The van der Waals surface area contributed by atoms with Gasteiger partial charge in [-0.2, -0.15) is 0 Å². The van der Waals surface area contributed by atoms with E-state index in [0.29, 0.717) is 17.9 Å². The lowest BCUT2D eigenvalue weighted by Crippen LogP contribution is -2.49. The van der Waals surface area contributed by atoms with Gasteiger partial charge in [0.25, 0.3) is 0 Å². The van der Waals surface area contributed by atoms with Gasteiger partial charge in [0.2, 0.25) is 0 Å². The van der Waals surface area contributed by atoms with Crippen LogP contribution in [-0.4, -0.2) is 31.1 Å². The molecule has 1 fully saturated rings. The summed E-state index contributed by atoms with van der Waals surface area (Å²) in [6.07, 6.45) is 9.05. The van der Waals surface area contributed by atoms with E-state index in [9.17, 15) is 0 Å². The smallest absolute Gasteiger partial charge is 0.134 e. The van der Waals surface area contributed by atoms with Gasteiger partial charge in [-0.15, -0.1) is 0 Å². The molecule has 1 saturated heterocycles. The Morgan fingerprint density at radius 1 is 1.11 bits per heavy atom. The third-order valence-electron chi connectivity index (χ3n) is 6.20. The van der Waals surface area contributed by atoms with Crippen molar-refractivity contribution in [2.24, 2.45) is 5.92 Å². The number of fused-ring (bicyclic) bond motifs is 3. The largest absolute Gasteiger partial charge is 0.497 e. The van der Waals surface area contributed by atoms with Crippen molar-refractivity contribution >= 4 is 11.0 Å². The van der Waals surface area contributed by atoms with Gasteiger partial charge in [0.1, 0.15) is 11.3 Å². The Balaban J connectivity index is 1.35. The SMILES string of the molecule is COc1ccc2occ(CCN3CC4C=CC3C(c3ccccc3)C4)c2c1. The molecule has 3 heteroatoms. The molecular formula is C24H25NO2. The molecule has 3 aromatic rings. The van der Waals surface area contributed by atoms with Crippen molar-refractivity contribution in [3.8, 4) is 5.75 Å². The van der Waals surface area contributed by atoms with Crippen LogP contribution in [0.3, 0.4) is 0 Å². The molecule has 2 aromatic carbocycles. The maximum absolute atomic E-state index is 5.75. The second kappa shape index (κ2) is 6.90. The van der Waals surface area contributed by atoms with E-state index >= 15 is 0 Å². The van der Waals surface area contributed by atoms with Crippen molar-refractivity contribution < 1.29 is 9.15 Å². The van der Waals surface area contributed by atoms with Crippen LogP contribution in [0.1, 0.15) is 23.5 Å². The van der Waals surface area contributed by atoms with Gasteiger partial charge < -0.3 is 9.15 Å². The highest BCUT2D eigenvalue weighted by atomic mass is 16.5. The maximum atomic E-state index is 5.75. The average molecular weight is 359 g/mol. The summed E-state index contributed by atoms with van der Waals surface area (Å²) in [5.74, 6) is 2.16. The van der Waals surface area contributed by atoms with E-state index in [2.05, 4.69) is 53.5 Å². The minimum absolute atomic E-state index is 0.505. The minimum atomic E-state index is 0.505. The van der Waals surface area contributed by atoms with Gasteiger partial charge in [0, 0.05) is 30.4 Å². The number of furan rings is 1. The van der Waals surface area contributed by atoms with Crippen molar-refractivity contribution in [2.75, 3.05) is 20.2 Å². The Kier molecular flexibility index (Phi) is 4.25. The molecule has 138 valence electrons. The highest BCUT2D eigenvalue weighted by Crippen LogP contribution is 2.40. The van der Waals surface area contributed by atoms with Crippen molar-refractivity contribution in [3.63, 3.8) is 0 Å². The van der Waals surface area contributed by atoms with E-state index in [1.165, 1.54) is 29.5 Å². The molecule has 3 atom stereocenters. The molecule has 3 unspecified atom stereocenters. The summed E-state index contributed by atoms with van der Waals surface area (Å²) >= 11 is 0. The number of rotatable bonds is 5.